The Labute approximate surface area is 77.8 Å². The quantitative estimate of drug-likeness (QED) is 0.791. The van der Waals surface area contributed by atoms with Gasteiger partial charge in [0.05, 0.1) is 5.97 Å². The highest BCUT2D eigenvalue weighted by atomic mass is 79.9. The molecule has 0 aliphatic heterocycles. The van der Waals surface area contributed by atoms with Crippen molar-refractivity contribution in [1.29, 1.82) is 0 Å². The van der Waals surface area contributed by atoms with E-state index in [1.54, 1.807) is 12.1 Å². The van der Waals surface area contributed by atoms with Crippen LogP contribution in [-0.2, 0) is 4.79 Å². The number of rotatable bonds is 2. The standard InChI is InChI=1S/C8H7BrO3/c9-6-3-1-2-5(4-6)7(10)8(11)12/h1-4,7,10H,(H,11,12)/p-1/t7-/m1/s1. The van der Waals surface area contributed by atoms with Gasteiger partial charge in [0.2, 0.25) is 0 Å². The fraction of sp³-hybridized carbons (Fsp3) is 0.125. The smallest absolute Gasteiger partial charge is 0.118 e. The Hall–Kier alpha value is -0.870. The first-order valence-electron chi connectivity index (χ1n) is 3.25. The molecule has 1 aromatic rings. The zero-order valence-electron chi connectivity index (χ0n) is 6.03. The molecule has 0 radical (unpaired) electrons. The number of aliphatic hydroxyl groups is 1. The van der Waals surface area contributed by atoms with Crippen LogP contribution in [0.1, 0.15) is 11.7 Å². The zero-order valence-corrected chi connectivity index (χ0v) is 7.61. The van der Waals surface area contributed by atoms with E-state index in [0.717, 1.165) is 4.47 Å². The molecule has 0 saturated carbocycles. The van der Waals surface area contributed by atoms with Gasteiger partial charge in [0.25, 0.3) is 0 Å². The first-order chi connectivity index (χ1) is 5.61. The molecule has 1 rings (SSSR count). The SMILES string of the molecule is O=C([O-])[C@H](O)c1cccc(Br)c1. The maximum Gasteiger partial charge on any atom is 0.118 e. The van der Waals surface area contributed by atoms with Gasteiger partial charge < -0.3 is 15.0 Å². The van der Waals surface area contributed by atoms with Gasteiger partial charge in [-0.05, 0) is 17.7 Å². The van der Waals surface area contributed by atoms with Crippen LogP contribution in [0.5, 0.6) is 0 Å². The van der Waals surface area contributed by atoms with Gasteiger partial charge in [-0.2, -0.15) is 0 Å². The molecular weight excluding hydrogens is 224 g/mol. The highest BCUT2D eigenvalue weighted by Crippen LogP contribution is 2.17. The number of hydrogen-bond donors (Lipinski definition) is 1. The fourth-order valence-electron chi connectivity index (χ4n) is 0.813. The molecule has 0 bridgehead atoms. The summed E-state index contributed by atoms with van der Waals surface area (Å²) in [6.45, 7) is 0. The Kier molecular flexibility index (Phi) is 2.83. The highest BCUT2D eigenvalue weighted by Gasteiger charge is 2.07. The number of aliphatic carboxylic acids is 1. The lowest BCUT2D eigenvalue weighted by Crippen LogP contribution is -2.29. The Bertz CT molecular complexity index is 298. The fourth-order valence-corrected chi connectivity index (χ4v) is 1.23. The number of benzene rings is 1. The van der Waals surface area contributed by atoms with Gasteiger partial charge in [0, 0.05) is 4.47 Å². The lowest BCUT2D eigenvalue weighted by atomic mass is 10.1. The van der Waals surface area contributed by atoms with Crippen molar-refractivity contribution in [3.8, 4) is 0 Å². The molecule has 3 nitrogen and oxygen atoms in total. The number of carboxylic acid groups (broad SMARTS) is 1. The maximum absolute atomic E-state index is 10.2. The van der Waals surface area contributed by atoms with Gasteiger partial charge in [0.1, 0.15) is 6.10 Å². The first kappa shape index (κ1) is 9.22. The number of carbonyl (C=O) groups excluding carboxylic acids is 1. The van der Waals surface area contributed by atoms with Gasteiger partial charge in [-0.15, -0.1) is 0 Å². The summed E-state index contributed by atoms with van der Waals surface area (Å²) < 4.78 is 0.723. The van der Waals surface area contributed by atoms with E-state index in [-0.39, 0.29) is 0 Å². The Balaban J connectivity index is 2.95. The minimum Gasteiger partial charge on any atom is -0.547 e. The van der Waals surface area contributed by atoms with Crippen LogP contribution in [0.3, 0.4) is 0 Å². The molecule has 0 unspecified atom stereocenters. The minimum atomic E-state index is -1.55. The average molecular weight is 230 g/mol. The monoisotopic (exact) mass is 229 g/mol. The molecule has 0 saturated heterocycles. The highest BCUT2D eigenvalue weighted by molar-refractivity contribution is 9.10. The molecule has 0 fully saturated rings. The number of hydrogen-bond acceptors (Lipinski definition) is 3. The van der Waals surface area contributed by atoms with E-state index >= 15 is 0 Å². The Morgan fingerprint density at radius 1 is 1.58 bits per heavy atom. The first-order valence-corrected chi connectivity index (χ1v) is 4.05. The van der Waals surface area contributed by atoms with Crippen molar-refractivity contribution in [1.82, 2.24) is 0 Å². The predicted octanol–water partition coefficient (Wildman–Crippen LogP) is 0.232. The van der Waals surface area contributed by atoms with E-state index in [0.29, 0.717) is 5.56 Å². The van der Waals surface area contributed by atoms with E-state index in [1.165, 1.54) is 12.1 Å². The summed E-state index contributed by atoms with van der Waals surface area (Å²) in [7, 11) is 0. The normalized spacial score (nSPS) is 12.5. The molecule has 0 amide bonds. The number of carboxylic acids is 1. The molecule has 4 heteroatoms. The van der Waals surface area contributed by atoms with Crippen molar-refractivity contribution in [3.05, 3.63) is 34.3 Å². The van der Waals surface area contributed by atoms with Crippen LogP contribution in [0, 0.1) is 0 Å². The molecule has 64 valence electrons. The molecule has 1 N–H and O–H groups in total. The van der Waals surface area contributed by atoms with E-state index in [9.17, 15) is 9.90 Å². The molecule has 12 heavy (non-hydrogen) atoms. The maximum atomic E-state index is 10.2. The van der Waals surface area contributed by atoms with Gasteiger partial charge in [0.15, 0.2) is 0 Å². The number of aliphatic hydroxyl groups excluding tert-OH is 1. The third-order valence-corrected chi connectivity index (χ3v) is 1.88. The summed E-state index contributed by atoms with van der Waals surface area (Å²) in [5.74, 6) is -1.49. The summed E-state index contributed by atoms with van der Waals surface area (Å²) in [6.07, 6.45) is -1.55. The zero-order chi connectivity index (χ0) is 9.14. The average Bonchev–Trinajstić information content (AvgIpc) is 2.03. The topological polar surface area (TPSA) is 60.4 Å². The predicted molar refractivity (Wildman–Crippen MR) is 44.1 cm³/mol. The summed E-state index contributed by atoms with van der Waals surface area (Å²) in [4.78, 5) is 10.2. The third kappa shape index (κ3) is 2.06. The van der Waals surface area contributed by atoms with Crippen LogP contribution in [0.4, 0.5) is 0 Å². The summed E-state index contributed by atoms with van der Waals surface area (Å²) >= 11 is 3.16. The van der Waals surface area contributed by atoms with Crippen molar-refractivity contribution in [3.63, 3.8) is 0 Å². The van der Waals surface area contributed by atoms with Crippen molar-refractivity contribution in [2.75, 3.05) is 0 Å². The molecule has 1 aromatic carbocycles. The third-order valence-electron chi connectivity index (χ3n) is 1.39. The van der Waals surface area contributed by atoms with Crippen LogP contribution in [0.2, 0.25) is 0 Å². The van der Waals surface area contributed by atoms with Crippen LogP contribution < -0.4 is 5.11 Å². The molecule has 0 aliphatic carbocycles. The van der Waals surface area contributed by atoms with E-state index < -0.39 is 12.1 Å². The molecule has 0 spiro atoms. The van der Waals surface area contributed by atoms with Gasteiger partial charge >= 0.3 is 0 Å². The summed E-state index contributed by atoms with van der Waals surface area (Å²) in [6, 6.07) is 6.43. The summed E-state index contributed by atoms with van der Waals surface area (Å²) in [5.41, 5.74) is 0.310. The van der Waals surface area contributed by atoms with Crippen molar-refractivity contribution >= 4 is 21.9 Å². The molecule has 0 aromatic heterocycles. The second kappa shape index (κ2) is 3.69. The second-order valence-electron chi connectivity index (χ2n) is 2.28. The lowest BCUT2D eigenvalue weighted by Gasteiger charge is -2.11. The van der Waals surface area contributed by atoms with Crippen molar-refractivity contribution in [2.24, 2.45) is 0 Å². The van der Waals surface area contributed by atoms with Crippen LogP contribution in [0.15, 0.2) is 28.7 Å². The van der Waals surface area contributed by atoms with E-state index in [4.69, 9.17) is 5.11 Å². The molecule has 0 heterocycles. The summed E-state index contributed by atoms with van der Waals surface area (Å²) in [5, 5.41) is 19.3. The van der Waals surface area contributed by atoms with Crippen molar-refractivity contribution in [2.45, 2.75) is 6.10 Å². The van der Waals surface area contributed by atoms with Crippen LogP contribution >= 0.6 is 15.9 Å². The van der Waals surface area contributed by atoms with Crippen LogP contribution in [-0.4, -0.2) is 11.1 Å². The molecule has 1 atom stereocenters. The van der Waals surface area contributed by atoms with Crippen LogP contribution in [0.25, 0.3) is 0 Å². The Morgan fingerprint density at radius 3 is 2.75 bits per heavy atom. The van der Waals surface area contributed by atoms with Gasteiger partial charge in [-0.1, -0.05) is 28.1 Å². The minimum absolute atomic E-state index is 0.310. The number of halogens is 1. The van der Waals surface area contributed by atoms with E-state index in [2.05, 4.69) is 15.9 Å². The largest absolute Gasteiger partial charge is 0.547 e. The number of carbonyl (C=O) groups is 1. The second-order valence-corrected chi connectivity index (χ2v) is 3.19. The molecule has 0 aliphatic rings. The van der Waals surface area contributed by atoms with E-state index in [1.807, 2.05) is 0 Å². The van der Waals surface area contributed by atoms with Gasteiger partial charge in [-0.3, -0.25) is 0 Å². The molecular formula is C8H6BrO3-. The Morgan fingerprint density at radius 2 is 2.25 bits per heavy atom. The van der Waals surface area contributed by atoms with Crippen molar-refractivity contribution < 1.29 is 15.0 Å². The van der Waals surface area contributed by atoms with Gasteiger partial charge in [-0.25, -0.2) is 0 Å². The lowest BCUT2D eigenvalue weighted by molar-refractivity contribution is -0.315.